The molecule has 1 aliphatic heterocycles. The fraction of sp³-hybridized carbons (Fsp3) is 0.600. The Bertz CT molecular complexity index is 618. The molecule has 1 unspecified atom stereocenters. The molecule has 1 heterocycles. The summed E-state index contributed by atoms with van der Waals surface area (Å²) in [5.74, 6) is 0.155. The van der Waals surface area contributed by atoms with E-state index in [1.807, 2.05) is 0 Å². The van der Waals surface area contributed by atoms with E-state index in [1.54, 1.807) is 45.0 Å². The van der Waals surface area contributed by atoms with Crippen molar-refractivity contribution in [2.24, 2.45) is 0 Å². The third kappa shape index (κ3) is 7.09. The highest BCUT2D eigenvalue weighted by atomic mass is 16.6. The average Bonchev–Trinajstić information content (AvgIpc) is 3.12. The molecule has 1 aliphatic rings. The maximum Gasteiger partial charge on any atom is 0.408 e. The maximum atomic E-state index is 12.1. The molecule has 1 aromatic carbocycles. The molecule has 0 aromatic heterocycles. The molecule has 1 amide bonds. The SMILES string of the molecule is COC(=O)C(NC(=O)OC(C)(C)C)c1ccc(OCCN2CCCC2)cc1. The third-order valence-corrected chi connectivity index (χ3v) is 4.19. The Labute approximate surface area is 161 Å². The van der Waals surface area contributed by atoms with Gasteiger partial charge in [-0.1, -0.05) is 12.1 Å². The summed E-state index contributed by atoms with van der Waals surface area (Å²) < 4.78 is 15.8. The van der Waals surface area contributed by atoms with Gasteiger partial charge in [-0.05, 0) is 64.4 Å². The van der Waals surface area contributed by atoms with Gasteiger partial charge in [-0.3, -0.25) is 4.90 Å². The van der Waals surface area contributed by atoms with Crippen molar-refractivity contribution in [3.63, 3.8) is 0 Å². The van der Waals surface area contributed by atoms with E-state index in [0.717, 1.165) is 25.4 Å². The lowest BCUT2D eigenvalue weighted by atomic mass is 10.1. The number of benzene rings is 1. The van der Waals surface area contributed by atoms with Crippen molar-refractivity contribution < 1.29 is 23.8 Å². The third-order valence-electron chi connectivity index (χ3n) is 4.19. The first kappa shape index (κ1) is 21.0. The van der Waals surface area contributed by atoms with Gasteiger partial charge in [0.2, 0.25) is 0 Å². The Balaban J connectivity index is 1.94. The van der Waals surface area contributed by atoms with E-state index in [4.69, 9.17) is 14.2 Å². The number of rotatable bonds is 7. The van der Waals surface area contributed by atoms with Crippen LogP contribution < -0.4 is 10.1 Å². The van der Waals surface area contributed by atoms with Crippen LogP contribution in [-0.4, -0.2) is 55.9 Å². The summed E-state index contributed by atoms with van der Waals surface area (Å²) in [5, 5.41) is 2.56. The fourth-order valence-electron chi connectivity index (χ4n) is 2.88. The van der Waals surface area contributed by atoms with Gasteiger partial charge in [0.15, 0.2) is 6.04 Å². The van der Waals surface area contributed by atoms with E-state index in [1.165, 1.54) is 20.0 Å². The van der Waals surface area contributed by atoms with Crippen molar-refractivity contribution in [1.82, 2.24) is 10.2 Å². The first-order valence-corrected chi connectivity index (χ1v) is 9.31. The quantitative estimate of drug-likeness (QED) is 0.735. The average molecular weight is 378 g/mol. The van der Waals surface area contributed by atoms with E-state index < -0.39 is 23.7 Å². The first-order valence-electron chi connectivity index (χ1n) is 9.31. The van der Waals surface area contributed by atoms with E-state index in [9.17, 15) is 9.59 Å². The van der Waals surface area contributed by atoms with Crippen LogP contribution >= 0.6 is 0 Å². The van der Waals surface area contributed by atoms with Crippen LogP contribution in [0.4, 0.5) is 4.79 Å². The lowest BCUT2D eigenvalue weighted by Gasteiger charge is -2.23. The lowest BCUT2D eigenvalue weighted by Crippen LogP contribution is -2.38. The first-order chi connectivity index (χ1) is 12.8. The molecular formula is C20H30N2O5. The van der Waals surface area contributed by atoms with Crippen LogP contribution in [-0.2, 0) is 14.3 Å². The summed E-state index contributed by atoms with van der Waals surface area (Å²) in [5.41, 5.74) is -0.0581. The number of carbonyl (C=O) groups is 2. The molecule has 150 valence electrons. The van der Waals surface area contributed by atoms with E-state index in [-0.39, 0.29) is 0 Å². The molecule has 1 saturated heterocycles. The van der Waals surface area contributed by atoms with Crippen LogP contribution in [0.5, 0.6) is 5.75 Å². The highest BCUT2D eigenvalue weighted by Gasteiger charge is 2.26. The van der Waals surface area contributed by atoms with Gasteiger partial charge in [0.25, 0.3) is 0 Å². The molecular weight excluding hydrogens is 348 g/mol. The molecule has 0 saturated carbocycles. The number of methoxy groups -OCH3 is 1. The Morgan fingerprint density at radius 2 is 1.78 bits per heavy atom. The zero-order valence-electron chi connectivity index (χ0n) is 16.6. The van der Waals surface area contributed by atoms with Gasteiger partial charge >= 0.3 is 12.1 Å². The second-order valence-electron chi connectivity index (χ2n) is 7.57. The Morgan fingerprint density at radius 1 is 1.15 bits per heavy atom. The van der Waals surface area contributed by atoms with Gasteiger partial charge in [0.05, 0.1) is 7.11 Å². The van der Waals surface area contributed by atoms with Gasteiger partial charge in [-0.2, -0.15) is 0 Å². The molecule has 1 aromatic rings. The van der Waals surface area contributed by atoms with Gasteiger partial charge < -0.3 is 19.5 Å². The van der Waals surface area contributed by atoms with Crippen LogP contribution in [0.1, 0.15) is 45.2 Å². The Morgan fingerprint density at radius 3 is 2.33 bits per heavy atom. The second kappa shape index (κ2) is 9.60. The molecule has 2 rings (SSSR count). The number of alkyl carbamates (subject to hydrolysis) is 1. The zero-order chi connectivity index (χ0) is 19.9. The minimum atomic E-state index is -0.941. The number of nitrogens with zero attached hydrogens (tertiary/aromatic N) is 1. The Kier molecular flexibility index (Phi) is 7.47. The summed E-state index contributed by atoms with van der Waals surface area (Å²) in [6.45, 7) is 9.08. The highest BCUT2D eigenvalue weighted by Crippen LogP contribution is 2.20. The summed E-state index contributed by atoms with van der Waals surface area (Å²) in [6, 6.07) is 6.11. The molecule has 1 atom stereocenters. The fourth-order valence-corrected chi connectivity index (χ4v) is 2.88. The van der Waals surface area contributed by atoms with Crippen molar-refractivity contribution in [2.75, 3.05) is 33.4 Å². The molecule has 27 heavy (non-hydrogen) atoms. The normalized spacial score (nSPS) is 15.9. The highest BCUT2D eigenvalue weighted by molar-refractivity contribution is 5.82. The van der Waals surface area contributed by atoms with Crippen LogP contribution in [0, 0.1) is 0 Å². The number of ether oxygens (including phenoxy) is 3. The van der Waals surface area contributed by atoms with E-state index in [2.05, 4.69) is 10.2 Å². The largest absolute Gasteiger partial charge is 0.492 e. The number of hydrogen-bond acceptors (Lipinski definition) is 6. The van der Waals surface area contributed by atoms with Crippen LogP contribution in [0.25, 0.3) is 0 Å². The number of carbonyl (C=O) groups excluding carboxylic acids is 2. The summed E-state index contributed by atoms with van der Waals surface area (Å²) in [7, 11) is 1.28. The minimum Gasteiger partial charge on any atom is -0.492 e. The summed E-state index contributed by atoms with van der Waals surface area (Å²) in [4.78, 5) is 26.5. The molecule has 1 fully saturated rings. The minimum absolute atomic E-state index is 0.566. The monoisotopic (exact) mass is 378 g/mol. The van der Waals surface area contributed by atoms with Crippen molar-refractivity contribution in [2.45, 2.75) is 45.3 Å². The molecule has 0 spiro atoms. The molecule has 7 heteroatoms. The van der Waals surface area contributed by atoms with Crippen molar-refractivity contribution >= 4 is 12.1 Å². The number of amides is 1. The summed E-state index contributed by atoms with van der Waals surface area (Å²) in [6.07, 6.45) is 1.84. The maximum absolute atomic E-state index is 12.1. The van der Waals surface area contributed by atoms with E-state index >= 15 is 0 Å². The van der Waals surface area contributed by atoms with E-state index in [0.29, 0.717) is 12.2 Å². The van der Waals surface area contributed by atoms with Gasteiger partial charge in [-0.25, -0.2) is 9.59 Å². The number of likely N-dealkylation sites (tertiary alicyclic amines) is 1. The smallest absolute Gasteiger partial charge is 0.408 e. The predicted octanol–water partition coefficient (Wildman–Crippen LogP) is 2.90. The number of esters is 1. The van der Waals surface area contributed by atoms with Crippen LogP contribution in [0.15, 0.2) is 24.3 Å². The van der Waals surface area contributed by atoms with Crippen molar-refractivity contribution in [3.05, 3.63) is 29.8 Å². The molecule has 1 N–H and O–H groups in total. The van der Waals surface area contributed by atoms with Gasteiger partial charge in [0, 0.05) is 6.54 Å². The topological polar surface area (TPSA) is 77.1 Å². The van der Waals surface area contributed by atoms with Gasteiger partial charge in [0.1, 0.15) is 18.0 Å². The van der Waals surface area contributed by atoms with Crippen LogP contribution in [0.3, 0.4) is 0 Å². The summed E-state index contributed by atoms with van der Waals surface area (Å²) >= 11 is 0. The standard InChI is InChI=1S/C20H30N2O5/c1-20(2,3)27-19(24)21-17(18(23)25-4)15-7-9-16(10-8-15)26-14-13-22-11-5-6-12-22/h7-10,17H,5-6,11-14H2,1-4H3,(H,21,24). The van der Waals surface area contributed by atoms with Gasteiger partial charge in [-0.15, -0.1) is 0 Å². The molecule has 0 bridgehead atoms. The Hall–Kier alpha value is -2.28. The molecule has 7 nitrogen and oxygen atoms in total. The lowest BCUT2D eigenvalue weighted by molar-refractivity contribution is -0.143. The zero-order valence-corrected chi connectivity index (χ0v) is 16.6. The molecule has 0 aliphatic carbocycles. The van der Waals surface area contributed by atoms with Crippen LogP contribution in [0.2, 0.25) is 0 Å². The number of nitrogens with one attached hydrogen (secondary N) is 1. The predicted molar refractivity (Wildman–Crippen MR) is 102 cm³/mol. The molecule has 0 radical (unpaired) electrons. The van der Waals surface area contributed by atoms with Crippen molar-refractivity contribution in [1.29, 1.82) is 0 Å². The second-order valence-corrected chi connectivity index (χ2v) is 7.57. The van der Waals surface area contributed by atoms with Crippen molar-refractivity contribution in [3.8, 4) is 5.75 Å². The number of hydrogen-bond donors (Lipinski definition) is 1.